The standard InChI is InChI=1S/C17H20N2O5/c1-3-9-18-17(22)12(2)24-16(21)8-10-19-13-6-4-5-7-14(13)23-11-15(19)20/h3-7,12H,1,8-11H2,2H3,(H,18,22)/t12-/m0/s1. The Kier molecular flexibility index (Phi) is 5.95. The molecule has 0 saturated heterocycles. The molecule has 24 heavy (non-hydrogen) atoms. The van der Waals surface area contributed by atoms with Crippen molar-refractivity contribution in [2.75, 3.05) is 24.6 Å². The maximum atomic E-state index is 12.0. The van der Waals surface area contributed by atoms with E-state index in [4.69, 9.17) is 9.47 Å². The van der Waals surface area contributed by atoms with Crippen LogP contribution in [0.3, 0.4) is 0 Å². The van der Waals surface area contributed by atoms with Gasteiger partial charge in [0.25, 0.3) is 11.8 Å². The van der Waals surface area contributed by atoms with E-state index < -0.39 is 18.0 Å². The smallest absolute Gasteiger partial charge is 0.308 e. The number of nitrogens with one attached hydrogen (secondary N) is 1. The summed E-state index contributed by atoms with van der Waals surface area (Å²) in [4.78, 5) is 37.0. The van der Waals surface area contributed by atoms with Gasteiger partial charge in [-0.3, -0.25) is 14.4 Å². The number of hydrogen-bond donors (Lipinski definition) is 1. The van der Waals surface area contributed by atoms with Crippen LogP contribution in [0, 0.1) is 0 Å². The molecule has 1 N–H and O–H groups in total. The average molecular weight is 332 g/mol. The molecule has 7 nitrogen and oxygen atoms in total. The molecule has 0 aromatic heterocycles. The van der Waals surface area contributed by atoms with Gasteiger partial charge in [-0.1, -0.05) is 18.2 Å². The van der Waals surface area contributed by atoms with Crippen LogP contribution in [0.2, 0.25) is 0 Å². The third kappa shape index (κ3) is 4.34. The third-order valence-corrected chi connectivity index (χ3v) is 3.45. The second kappa shape index (κ2) is 8.14. The van der Waals surface area contributed by atoms with Crippen molar-refractivity contribution in [2.24, 2.45) is 0 Å². The number of ether oxygens (including phenoxy) is 2. The quantitative estimate of drug-likeness (QED) is 0.596. The maximum Gasteiger partial charge on any atom is 0.308 e. The minimum Gasteiger partial charge on any atom is -0.482 e. The number of carbonyl (C=O) groups is 3. The minimum absolute atomic E-state index is 0.0147. The number of fused-ring (bicyclic) bond motifs is 1. The van der Waals surface area contributed by atoms with Gasteiger partial charge in [-0.2, -0.15) is 0 Å². The van der Waals surface area contributed by atoms with Crippen LogP contribution < -0.4 is 15.0 Å². The molecule has 7 heteroatoms. The molecule has 0 radical (unpaired) electrons. The van der Waals surface area contributed by atoms with Crippen molar-refractivity contribution in [2.45, 2.75) is 19.4 Å². The molecular formula is C17H20N2O5. The SMILES string of the molecule is C=CCNC(=O)[C@H](C)OC(=O)CCN1C(=O)COc2ccccc21. The fraction of sp³-hybridized carbons (Fsp3) is 0.353. The Balaban J connectivity index is 1.89. The summed E-state index contributed by atoms with van der Waals surface area (Å²) < 4.78 is 10.4. The molecular weight excluding hydrogens is 312 g/mol. The van der Waals surface area contributed by atoms with Crippen LogP contribution in [0.15, 0.2) is 36.9 Å². The number of anilines is 1. The molecule has 1 aliphatic heterocycles. The van der Waals surface area contributed by atoms with E-state index in [0.717, 1.165) is 0 Å². The van der Waals surface area contributed by atoms with Crippen LogP contribution in [-0.2, 0) is 19.1 Å². The Labute approximate surface area is 140 Å². The summed E-state index contributed by atoms with van der Waals surface area (Å²) in [7, 11) is 0. The van der Waals surface area contributed by atoms with E-state index in [1.54, 1.807) is 18.2 Å². The summed E-state index contributed by atoms with van der Waals surface area (Å²) >= 11 is 0. The predicted octanol–water partition coefficient (Wildman–Crippen LogP) is 1.04. The molecule has 2 rings (SSSR count). The lowest BCUT2D eigenvalue weighted by atomic mass is 10.2. The van der Waals surface area contributed by atoms with Gasteiger partial charge in [0.2, 0.25) is 0 Å². The Morgan fingerprint density at radius 3 is 2.96 bits per heavy atom. The predicted molar refractivity (Wildman–Crippen MR) is 87.7 cm³/mol. The summed E-state index contributed by atoms with van der Waals surface area (Å²) in [5.74, 6) is -0.565. The number of para-hydroxylation sites is 2. The molecule has 1 heterocycles. The second-order valence-electron chi connectivity index (χ2n) is 5.22. The highest BCUT2D eigenvalue weighted by Crippen LogP contribution is 2.31. The topological polar surface area (TPSA) is 84.9 Å². The summed E-state index contributed by atoms with van der Waals surface area (Å²) in [5.41, 5.74) is 0.623. The van der Waals surface area contributed by atoms with Gasteiger partial charge in [0, 0.05) is 13.1 Å². The number of benzene rings is 1. The highest BCUT2D eigenvalue weighted by atomic mass is 16.5. The molecule has 128 valence electrons. The summed E-state index contributed by atoms with van der Waals surface area (Å²) in [6, 6.07) is 7.12. The summed E-state index contributed by atoms with van der Waals surface area (Å²) in [5, 5.41) is 2.55. The number of amides is 2. The number of rotatable bonds is 7. The van der Waals surface area contributed by atoms with Crippen molar-refractivity contribution < 1.29 is 23.9 Å². The number of esters is 1. The fourth-order valence-corrected chi connectivity index (χ4v) is 2.23. The van der Waals surface area contributed by atoms with E-state index in [2.05, 4.69) is 11.9 Å². The van der Waals surface area contributed by atoms with Crippen LogP contribution >= 0.6 is 0 Å². The van der Waals surface area contributed by atoms with Crippen molar-refractivity contribution in [1.29, 1.82) is 0 Å². The maximum absolute atomic E-state index is 12.0. The minimum atomic E-state index is -0.898. The Hall–Kier alpha value is -2.83. The second-order valence-corrected chi connectivity index (χ2v) is 5.22. The zero-order valence-corrected chi connectivity index (χ0v) is 13.5. The number of nitrogens with zero attached hydrogens (tertiary/aromatic N) is 1. The van der Waals surface area contributed by atoms with Crippen LogP contribution in [0.25, 0.3) is 0 Å². The van der Waals surface area contributed by atoms with Crippen LogP contribution in [0.5, 0.6) is 5.75 Å². The largest absolute Gasteiger partial charge is 0.482 e. The van der Waals surface area contributed by atoms with E-state index in [-0.39, 0.29) is 25.5 Å². The lowest BCUT2D eigenvalue weighted by molar-refractivity contribution is -0.154. The first-order valence-corrected chi connectivity index (χ1v) is 7.63. The fourth-order valence-electron chi connectivity index (χ4n) is 2.23. The van der Waals surface area contributed by atoms with Gasteiger partial charge < -0.3 is 19.7 Å². The average Bonchev–Trinajstić information content (AvgIpc) is 2.58. The van der Waals surface area contributed by atoms with Gasteiger partial charge in [0.15, 0.2) is 12.7 Å². The first-order chi connectivity index (χ1) is 11.5. The van der Waals surface area contributed by atoms with Gasteiger partial charge in [0.1, 0.15) is 5.75 Å². The molecule has 1 aliphatic rings. The van der Waals surface area contributed by atoms with E-state index in [1.807, 2.05) is 6.07 Å². The molecule has 0 unspecified atom stereocenters. The third-order valence-electron chi connectivity index (χ3n) is 3.45. The normalized spacial score (nSPS) is 14.2. The van der Waals surface area contributed by atoms with Gasteiger partial charge in [-0.25, -0.2) is 0 Å². The molecule has 0 aliphatic carbocycles. The molecule has 0 saturated carbocycles. The molecule has 0 bridgehead atoms. The van der Waals surface area contributed by atoms with Crippen LogP contribution in [0.1, 0.15) is 13.3 Å². The van der Waals surface area contributed by atoms with E-state index in [1.165, 1.54) is 17.9 Å². The van der Waals surface area contributed by atoms with Gasteiger partial charge in [0.05, 0.1) is 12.1 Å². The van der Waals surface area contributed by atoms with Crippen molar-refractivity contribution in [3.63, 3.8) is 0 Å². The van der Waals surface area contributed by atoms with Crippen molar-refractivity contribution in [3.05, 3.63) is 36.9 Å². The van der Waals surface area contributed by atoms with Gasteiger partial charge in [-0.05, 0) is 19.1 Å². The lowest BCUT2D eigenvalue weighted by Crippen LogP contribution is -2.41. The highest BCUT2D eigenvalue weighted by molar-refractivity contribution is 5.98. The summed E-state index contributed by atoms with van der Waals surface area (Å²) in [6.45, 7) is 5.39. The molecule has 0 fully saturated rings. The first kappa shape index (κ1) is 17.5. The molecule has 1 atom stereocenters. The first-order valence-electron chi connectivity index (χ1n) is 7.63. The highest BCUT2D eigenvalue weighted by Gasteiger charge is 2.26. The van der Waals surface area contributed by atoms with E-state index >= 15 is 0 Å². The Bertz CT molecular complexity index is 644. The van der Waals surface area contributed by atoms with Crippen molar-refractivity contribution in [3.8, 4) is 5.75 Å². The number of hydrogen-bond acceptors (Lipinski definition) is 5. The lowest BCUT2D eigenvalue weighted by Gasteiger charge is -2.29. The Morgan fingerprint density at radius 2 is 2.21 bits per heavy atom. The summed E-state index contributed by atoms with van der Waals surface area (Å²) in [6.07, 6.45) is 0.623. The zero-order valence-electron chi connectivity index (χ0n) is 13.5. The molecule has 0 spiro atoms. The molecule has 1 aromatic carbocycles. The van der Waals surface area contributed by atoms with Gasteiger partial charge in [-0.15, -0.1) is 6.58 Å². The Morgan fingerprint density at radius 1 is 1.46 bits per heavy atom. The van der Waals surface area contributed by atoms with Crippen molar-refractivity contribution >= 4 is 23.5 Å². The van der Waals surface area contributed by atoms with E-state index in [9.17, 15) is 14.4 Å². The van der Waals surface area contributed by atoms with Crippen molar-refractivity contribution in [1.82, 2.24) is 5.32 Å². The van der Waals surface area contributed by atoms with Gasteiger partial charge >= 0.3 is 5.97 Å². The number of carbonyl (C=O) groups excluding carboxylic acids is 3. The monoisotopic (exact) mass is 332 g/mol. The zero-order chi connectivity index (χ0) is 17.5. The molecule has 1 aromatic rings. The van der Waals surface area contributed by atoms with Crippen LogP contribution in [0.4, 0.5) is 5.69 Å². The molecule has 2 amide bonds. The van der Waals surface area contributed by atoms with E-state index in [0.29, 0.717) is 18.0 Å². The van der Waals surface area contributed by atoms with Crippen LogP contribution in [-0.4, -0.2) is 43.6 Å².